The second-order valence-electron chi connectivity index (χ2n) is 9.63. The molecule has 0 bridgehead atoms. The maximum atomic E-state index is 12.7. The zero-order valence-corrected chi connectivity index (χ0v) is 17.0. The monoisotopic (exact) mass is 386 g/mol. The quantitative estimate of drug-likeness (QED) is 0.754. The van der Waals surface area contributed by atoms with Crippen LogP contribution in [0.2, 0.25) is 0 Å². The minimum atomic E-state index is -0.504. The minimum Gasteiger partial charge on any atom is -0.457 e. The first-order valence-corrected chi connectivity index (χ1v) is 10.5. The molecule has 4 aliphatic rings. The fraction of sp³-hybridized carbons (Fsp3) is 0.696. The van der Waals surface area contributed by atoms with Crippen molar-refractivity contribution in [3.63, 3.8) is 0 Å². The van der Waals surface area contributed by atoms with Gasteiger partial charge in [0, 0.05) is 24.3 Å². The number of hydrogen-bond acceptors (Lipinski definition) is 5. The summed E-state index contributed by atoms with van der Waals surface area (Å²) in [7, 11) is 0. The lowest BCUT2D eigenvalue weighted by Crippen LogP contribution is -2.56. The predicted molar refractivity (Wildman–Crippen MR) is 103 cm³/mol. The van der Waals surface area contributed by atoms with Gasteiger partial charge in [-0.05, 0) is 61.3 Å². The van der Waals surface area contributed by atoms with E-state index < -0.39 is 12.1 Å². The molecule has 6 unspecified atom stereocenters. The van der Waals surface area contributed by atoms with Crippen molar-refractivity contribution in [3.05, 3.63) is 23.3 Å². The van der Waals surface area contributed by atoms with Gasteiger partial charge in [-0.25, -0.2) is 0 Å². The molecule has 0 aromatic heterocycles. The Labute approximate surface area is 166 Å². The van der Waals surface area contributed by atoms with Crippen LogP contribution in [0.15, 0.2) is 23.3 Å². The number of allylic oxidation sites excluding steroid dienone is 3. The predicted octanol–water partition coefficient (Wildman–Crippen LogP) is 3.16. The number of hydrogen-bond donors (Lipinski definition) is 1. The largest absolute Gasteiger partial charge is 0.457 e. The maximum Gasteiger partial charge on any atom is 0.303 e. The van der Waals surface area contributed by atoms with E-state index in [1.807, 2.05) is 12.2 Å². The number of carbonyl (C=O) groups excluding carboxylic acids is 3. The van der Waals surface area contributed by atoms with Gasteiger partial charge in [-0.1, -0.05) is 25.5 Å². The lowest BCUT2D eigenvalue weighted by molar-refractivity contribution is -0.146. The van der Waals surface area contributed by atoms with Gasteiger partial charge >= 0.3 is 5.97 Å². The Bertz CT molecular complexity index is 793. The molecule has 0 radical (unpaired) electrons. The van der Waals surface area contributed by atoms with Crippen molar-refractivity contribution >= 4 is 17.5 Å². The molecule has 2 saturated carbocycles. The average molecular weight is 386 g/mol. The van der Waals surface area contributed by atoms with E-state index in [-0.39, 0.29) is 34.9 Å². The maximum absolute atomic E-state index is 12.7. The van der Waals surface area contributed by atoms with E-state index >= 15 is 0 Å². The van der Waals surface area contributed by atoms with Crippen molar-refractivity contribution in [1.29, 1.82) is 0 Å². The van der Waals surface area contributed by atoms with Gasteiger partial charge in [0.25, 0.3) is 0 Å². The molecule has 5 nitrogen and oxygen atoms in total. The highest BCUT2D eigenvalue weighted by atomic mass is 16.5. The number of ether oxygens (including phenoxy) is 1. The fourth-order valence-electron chi connectivity index (χ4n) is 6.93. The summed E-state index contributed by atoms with van der Waals surface area (Å²) in [6, 6.07) is 0. The zero-order chi connectivity index (χ0) is 20.3. The molecule has 5 heteroatoms. The molecule has 1 N–H and O–H groups in total. The standard InChI is InChI=1S/C23H30O5/c1-13(24)28-12-20(27)18-7-6-17-16-5-4-14-10-15(25)8-9-22(14,2)21(16)19(26)11-23(17,18)3/h7,10,16-17,19,21,26H,4-6,8-9,11-12H2,1-3H3. The molecule has 0 spiro atoms. The minimum absolute atomic E-state index is 0.123. The first-order valence-electron chi connectivity index (χ1n) is 10.5. The Hall–Kier alpha value is -1.75. The summed E-state index contributed by atoms with van der Waals surface area (Å²) in [6.45, 7) is 5.40. The molecule has 0 aromatic carbocycles. The summed E-state index contributed by atoms with van der Waals surface area (Å²) >= 11 is 0. The number of aliphatic hydroxyl groups is 1. The molecular formula is C23H30O5. The van der Waals surface area contributed by atoms with Crippen LogP contribution in [0.25, 0.3) is 0 Å². The molecule has 0 amide bonds. The highest BCUT2D eigenvalue weighted by Gasteiger charge is 2.60. The molecule has 0 aliphatic heterocycles. The Morgan fingerprint density at radius 1 is 1.25 bits per heavy atom. The topological polar surface area (TPSA) is 80.7 Å². The van der Waals surface area contributed by atoms with Gasteiger partial charge in [-0.2, -0.15) is 0 Å². The van der Waals surface area contributed by atoms with Crippen LogP contribution in [0.4, 0.5) is 0 Å². The summed E-state index contributed by atoms with van der Waals surface area (Å²) in [6.07, 6.45) is 7.96. The van der Waals surface area contributed by atoms with E-state index in [0.717, 1.165) is 31.3 Å². The summed E-state index contributed by atoms with van der Waals surface area (Å²) < 4.78 is 4.94. The molecule has 6 atom stereocenters. The number of esters is 1. The van der Waals surface area contributed by atoms with Crippen molar-refractivity contribution in [3.8, 4) is 0 Å². The van der Waals surface area contributed by atoms with Crippen LogP contribution < -0.4 is 0 Å². The van der Waals surface area contributed by atoms with Gasteiger partial charge < -0.3 is 9.84 Å². The summed E-state index contributed by atoms with van der Waals surface area (Å²) in [5.41, 5.74) is 1.44. The highest BCUT2D eigenvalue weighted by molar-refractivity contribution is 5.99. The smallest absolute Gasteiger partial charge is 0.303 e. The lowest BCUT2D eigenvalue weighted by Gasteiger charge is -2.59. The van der Waals surface area contributed by atoms with E-state index in [4.69, 9.17) is 4.74 Å². The normalized spacial score (nSPS) is 41.9. The highest BCUT2D eigenvalue weighted by Crippen LogP contribution is 2.65. The number of rotatable bonds is 3. The van der Waals surface area contributed by atoms with E-state index in [0.29, 0.717) is 24.7 Å². The van der Waals surface area contributed by atoms with Crippen LogP contribution in [-0.2, 0) is 19.1 Å². The first kappa shape index (κ1) is 19.6. The number of aliphatic hydroxyl groups excluding tert-OH is 1. The molecule has 28 heavy (non-hydrogen) atoms. The molecule has 0 heterocycles. The van der Waals surface area contributed by atoms with E-state index in [2.05, 4.69) is 13.8 Å². The van der Waals surface area contributed by atoms with Crippen LogP contribution in [0, 0.1) is 28.6 Å². The zero-order valence-electron chi connectivity index (χ0n) is 17.0. The molecule has 0 aromatic rings. The molecule has 4 rings (SSSR count). The Morgan fingerprint density at radius 2 is 2.00 bits per heavy atom. The SMILES string of the molecule is CC(=O)OCC(=O)C1=CCC2C3CCC4=CC(=O)CCC4(C)C3C(O)CC12C. The lowest BCUT2D eigenvalue weighted by atomic mass is 9.46. The average Bonchev–Trinajstić information content (AvgIpc) is 2.96. The van der Waals surface area contributed by atoms with Crippen LogP contribution in [0.3, 0.4) is 0 Å². The van der Waals surface area contributed by atoms with Gasteiger partial charge in [0.15, 0.2) is 18.2 Å². The van der Waals surface area contributed by atoms with Gasteiger partial charge in [0.05, 0.1) is 6.10 Å². The first-order chi connectivity index (χ1) is 13.2. The molecule has 152 valence electrons. The van der Waals surface area contributed by atoms with Gasteiger partial charge in [0.2, 0.25) is 0 Å². The number of ketones is 2. The summed E-state index contributed by atoms with van der Waals surface area (Å²) in [4.78, 5) is 35.8. The van der Waals surface area contributed by atoms with Crippen molar-refractivity contribution in [2.75, 3.05) is 6.61 Å². The Balaban J connectivity index is 1.62. The van der Waals surface area contributed by atoms with Crippen LogP contribution in [0.5, 0.6) is 0 Å². The summed E-state index contributed by atoms with van der Waals surface area (Å²) in [5, 5.41) is 11.3. The van der Waals surface area contributed by atoms with Crippen molar-refractivity contribution in [2.45, 2.75) is 65.4 Å². The van der Waals surface area contributed by atoms with Gasteiger partial charge in [0.1, 0.15) is 0 Å². The Morgan fingerprint density at radius 3 is 2.71 bits per heavy atom. The third-order valence-electron chi connectivity index (χ3n) is 8.18. The van der Waals surface area contributed by atoms with E-state index in [1.54, 1.807) is 0 Å². The van der Waals surface area contributed by atoms with Crippen molar-refractivity contribution in [1.82, 2.24) is 0 Å². The third kappa shape index (κ3) is 2.81. The third-order valence-corrected chi connectivity index (χ3v) is 8.18. The molecule has 0 saturated heterocycles. The van der Waals surface area contributed by atoms with E-state index in [9.17, 15) is 19.5 Å². The molecule has 2 fully saturated rings. The number of Topliss-reactive ketones (excluding diaryl/α,β-unsaturated/α-hetero) is 1. The van der Waals surface area contributed by atoms with E-state index in [1.165, 1.54) is 12.5 Å². The van der Waals surface area contributed by atoms with Gasteiger partial charge in [-0.15, -0.1) is 0 Å². The molecule has 4 aliphatic carbocycles. The fourth-order valence-corrected chi connectivity index (χ4v) is 6.93. The number of carbonyl (C=O) groups is 3. The van der Waals surface area contributed by atoms with Gasteiger partial charge in [-0.3, -0.25) is 14.4 Å². The van der Waals surface area contributed by atoms with Crippen LogP contribution in [-0.4, -0.2) is 35.4 Å². The number of fused-ring (bicyclic) bond motifs is 5. The van der Waals surface area contributed by atoms with Crippen LogP contribution in [0.1, 0.15) is 59.3 Å². The second kappa shape index (κ2) is 6.65. The molecular weight excluding hydrogens is 356 g/mol. The van der Waals surface area contributed by atoms with Crippen molar-refractivity contribution < 1.29 is 24.2 Å². The van der Waals surface area contributed by atoms with Crippen LogP contribution >= 0.6 is 0 Å². The summed E-state index contributed by atoms with van der Waals surface area (Å²) in [5.74, 6) is 0.394. The van der Waals surface area contributed by atoms with Crippen molar-refractivity contribution in [2.24, 2.45) is 28.6 Å². The Kier molecular flexibility index (Phi) is 4.65. The second-order valence-corrected chi connectivity index (χ2v) is 9.63.